The second-order valence-electron chi connectivity index (χ2n) is 10.6. The van der Waals surface area contributed by atoms with Gasteiger partial charge in [-0.25, -0.2) is 0 Å². The van der Waals surface area contributed by atoms with Crippen molar-refractivity contribution in [1.29, 1.82) is 0 Å². The molecule has 5 aromatic carbocycles. The van der Waals surface area contributed by atoms with Crippen molar-refractivity contribution < 1.29 is 0 Å². The van der Waals surface area contributed by atoms with Crippen LogP contribution in [-0.2, 0) is 19.3 Å². The van der Waals surface area contributed by atoms with Gasteiger partial charge in [-0.1, -0.05) is 140 Å². The molecule has 5 aromatic rings. The molecule has 0 radical (unpaired) electrons. The Bertz CT molecular complexity index is 1550. The van der Waals surface area contributed by atoms with Crippen LogP contribution in [0.1, 0.15) is 23.1 Å². The fourth-order valence-corrected chi connectivity index (χ4v) is 5.73. The topological polar surface area (TPSA) is 3.24 Å². The first-order chi connectivity index (χ1) is 19.8. The Morgan fingerprint density at radius 2 is 0.975 bits per heavy atom. The summed E-state index contributed by atoms with van der Waals surface area (Å²) >= 11 is 0. The minimum absolute atomic E-state index is 0.280. The predicted molar refractivity (Wildman–Crippen MR) is 169 cm³/mol. The standard InChI is InChI=1S/C39H35N/c1-5-13-31(14-6-1)21-26-39-37(28-33-17-9-3-10-18-33)29-34(27-32-15-7-2-8-16-32)30-40(39)38-24-22-36(23-25-38)35-19-11-4-12-20-35/h1-20,22-25,29-30,39H,21,26-28H2. The molecule has 0 fully saturated rings. The Morgan fingerprint density at radius 3 is 1.57 bits per heavy atom. The van der Waals surface area contributed by atoms with Crippen molar-refractivity contribution in [2.45, 2.75) is 31.7 Å². The van der Waals surface area contributed by atoms with Crippen molar-refractivity contribution in [3.05, 3.63) is 186 Å². The molecule has 6 rings (SSSR count). The molecule has 0 saturated heterocycles. The van der Waals surface area contributed by atoms with Gasteiger partial charge >= 0.3 is 0 Å². The number of benzene rings is 5. The van der Waals surface area contributed by atoms with Gasteiger partial charge in [-0.2, -0.15) is 0 Å². The zero-order chi connectivity index (χ0) is 27.0. The number of anilines is 1. The number of nitrogens with zero attached hydrogens (tertiary/aromatic N) is 1. The van der Waals surface area contributed by atoms with Crippen molar-refractivity contribution in [3.8, 4) is 11.1 Å². The molecule has 0 bridgehead atoms. The summed E-state index contributed by atoms with van der Waals surface area (Å²) in [6, 6.07) is 52.7. The van der Waals surface area contributed by atoms with E-state index in [0.717, 1.165) is 25.7 Å². The van der Waals surface area contributed by atoms with Crippen molar-refractivity contribution in [2.24, 2.45) is 0 Å². The van der Waals surface area contributed by atoms with E-state index in [4.69, 9.17) is 0 Å². The van der Waals surface area contributed by atoms with Gasteiger partial charge in [-0.05, 0) is 76.8 Å². The molecule has 196 valence electrons. The van der Waals surface area contributed by atoms with E-state index in [-0.39, 0.29) is 6.04 Å². The van der Waals surface area contributed by atoms with Gasteiger partial charge in [0, 0.05) is 11.9 Å². The molecule has 1 aliphatic heterocycles. The molecule has 0 N–H and O–H groups in total. The predicted octanol–water partition coefficient (Wildman–Crippen LogP) is 9.47. The Hall–Kier alpha value is -4.62. The highest BCUT2D eigenvalue weighted by atomic mass is 15.2. The zero-order valence-electron chi connectivity index (χ0n) is 22.9. The Morgan fingerprint density at radius 1 is 0.475 bits per heavy atom. The number of hydrogen-bond acceptors (Lipinski definition) is 1. The van der Waals surface area contributed by atoms with E-state index in [1.54, 1.807) is 0 Å². The summed E-state index contributed by atoms with van der Waals surface area (Å²) in [5.41, 5.74) is 10.6. The van der Waals surface area contributed by atoms with Crippen LogP contribution in [0, 0.1) is 0 Å². The summed E-state index contributed by atoms with van der Waals surface area (Å²) in [6.07, 6.45) is 8.84. The molecule has 1 unspecified atom stereocenters. The molecule has 0 aliphatic carbocycles. The Balaban J connectivity index is 1.37. The third kappa shape index (κ3) is 6.33. The molecule has 1 atom stereocenters. The van der Waals surface area contributed by atoms with Crippen LogP contribution < -0.4 is 4.90 Å². The lowest BCUT2D eigenvalue weighted by Crippen LogP contribution is -2.36. The highest BCUT2D eigenvalue weighted by molar-refractivity contribution is 5.68. The molecule has 0 aromatic heterocycles. The van der Waals surface area contributed by atoms with E-state index >= 15 is 0 Å². The van der Waals surface area contributed by atoms with Crippen molar-refractivity contribution >= 4 is 5.69 Å². The maximum Gasteiger partial charge on any atom is 0.0555 e. The lowest BCUT2D eigenvalue weighted by Gasteiger charge is -2.37. The third-order valence-corrected chi connectivity index (χ3v) is 7.76. The van der Waals surface area contributed by atoms with Gasteiger partial charge in [0.2, 0.25) is 0 Å². The van der Waals surface area contributed by atoms with E-state index in [1.807, 2.05) is 0 Å². The summed E-state index contributed by atoms with van der Waals surface area (Å²) < 4.78 is 0. The quantitative estimate of drug-likeness (QED) is 0.188. The second kappa shape index (κ2) is 12.5. The first-order valence-electron chi connectivity index (χ1n) is 14.3. The van der Waals surface area contributed by atoms with Gasteiger partial charge < -0.3 is 4.90 Å². The Labute approximate surface area is 238 Å². The summed E-state index contributed by atoms with van der Waals surface area (Å²) in [4.78, 5) is 2.54. The average molecular weight is 518 g/mol. The summed E-state index contributed by atoms with van der Waals surface area (Å²) in [5, 5.41) is 0. The smallest absolute Gasteiger partial charge is 0.0555 e. The number of allylic oxidation sites excluding steroid dienone is 2. The van der Waals surface area contributed by atoms with E-state index in [0.29, 0.717) is 0 Å². The van der Waals surface area contributed by atoms with E-state index in [2.05, 4.69) is 163 Å². The van der Waals surface area contributed by atoms with E-state index in [9.17, 15) is 0 Å². The largest absolute Gasteiger partial charge is 0.340 e. The molecule has 1 nitrogen and oxygen atoms in total. The fourth-order valence-electron chi connectivity index (χ4n) is 5.73. The van der Waals surface area contributed by atoms with E-state index < -0.39 is 0 Å². The first-order valence-corrected chi connectivity index (χ1v) is 14.3. The molecular formula is C39H35N. The molecule has 0 amide bonds. The van der Waals surface area contributed by atoms with Crippen molar-refractivity contribution in [3.63, 3.8) is 0 Å². The number of hydrogen-bond donors (Lipinski definition) is 0. The van der Waals surface area contributed by atoms with Crippen molar-refractivity contribution in [1.82, 2.24) is 0 Å². The minimum Gasteiger partial charge on any atom is -0.340 e. The third-order valence-electron chi connectivity index (χ3n) is 7.76. The second-order valence-corrected chi connectivity index (χ2v) is 10.6. The van der Waals surface area contributed by atoms with Crippen LogP contribution in [0.15, 0.2) is 169 Å². The SMILES string of the molecule is C1=C(Cc2ccccc2)C=C(Cc2ccccc2)C(CCc2ccccc2)N1c1ccc(-c2ccccc2)cc1. The Kier molecular flexibility index (Phi) is 8.01. The monoisotopic (exact) mass is 517 g/mol. The summed E-state index contributed by atoms with van der Waals surface area (Å²) in [7, 11) is 0. The maximum atomic E-state index is 2.54. The van der Waals surface area contributed by atoms with E-state index in [1.165, 1.54) is 44.7 Å². The van der Waals surface area contributed by atoms with Gasteiger partial charge in [0.05, 0.1) is 6.04 Å². The van der Waals surface area contributed by atoms with Crippen LogP contribution in [0.2, 0.25) is 0 Å². The fraction of sp³-hybridized carbons (Fsp3) is 0.128. The van der Waals surface area contributed by atoms with Gasteiger partial charge in [-0.15, -0.1) is 0 Å². The molecule has 0 spiro atoms. The summed E-state index contributed by atoms with van der Waals surface area (Å²) in [6.45, 7) is 0. The van der Waals surface area contributed by atoms with Crippen LogP contribution in [0.3, 0.4) is 0 Å². The average Bonchev–Trinajstić information content (AvgIpc) is 3.02. The van der Waals surface area contributed by atoms with Gasteiger partial charge in [0.1, 0.15) is 0 Å². The molecular weight excluding hydrogens is 482 g/mol. The van der Waals surface area contributed by atoms with Gasteiger partial charge in [0.15, 0.2) is 0 Å². The lowest BCUT2D eigenvalue weighted by atomic mass is 9.87. The molecule has 40 heavy (non-hydrogen) atoms. The van der Waals surface area contributed by atoms with Gasteiger partial charge in [-0.3, -0.25) is 0 Å². The van der Waals surface area contributed by atoms with Crippen LogP contribution in [0.5, 0.6) is 0 Å². The molecule has 1 heterocycles. The zero-order valence-corrected chi connectivity index (χ0v) is 22.9. The van der Waals surface area contributed by atoms with Crippen LogP contribution >= 0.6 is 0 Å². The highest BCUT2D eigenvalue weighted by Crippen LogP contribution is 2.34. The first kappa shape index (κ1) is 25.6. The molecule has 1 aliphatic rings. The van der Waals surface area contributed by atoms with Crippen molar-refractivity contribution in [2.75, 3.05) is 4.90 Å². The van der Waals surface area contributed by atoms with Gasteiger partial charge in [0.25, 0.3) is 0 Å². The minimum atomic E-state index is 0.280. The highest BCUT2D eigenvalue weighted by Gasteiger charge is 2.26. The summed E-state index contributed by atoms with van der Waals surface area (Å²) in [5.74, 6) is 0. The number of aryl methyl sites for hydroxylation is 1. The molecule has 1 heteroatoms. The maximum absolute atomic E-state index is 2.54. The van der Waals surface area contributed by atoms with Crippen LogP contribution in [-0.4, -0.2) is 6.04 Å². The van der Waals surface area contributed by atoms with Crippen LogP contribution in [0.4, 0.5) is 5.69 Å². The number of rotatable bonds is 9. The lowest BCUT2D eigenvalue weighted by molar-refractivity contribution is 0.640. The normalized spacial score (nSPS) is 14.9. The molecule has 0 saturated carbocycles. The van der Waals surface area contributed by atoms with Crippen LogP contribution in [0.25, 0.3) is 11.1 Å².